The van der Waals surface area contributed by atoms with E-state index in [0.29, 0.717) is 10.7 Å². The van der Waals surface area contributed by atoms with Gasteiger partial charge in [0.1, 0.15) is 16.1 Å². The largest absolute Gasteiger partial charge is 0.465 e. The van der Waals surface area contributed by atoms with Crippen molar-refractivity contribution in [3.8, 4) is 0 Å². The second kappa shape index (κ2) is 6.77. The predicted molar refractivity (Wildman–Crippen MR) is 98.0 cm³/mol. The van der Waals surface area contributed by atoms with Crippen molar-refractivity contribution in [2.45, 2.75) is 19.0 Å². The van der Waals surface area contributed by atoms with Crippen molar-refractivity contribution in [2.75, 3.05) is 5.75 Å². The second-order valence-corrected chi connectivity index (χ2v) is 9.12. The van der Waals surface area contributed by atoms with Gasteiger partial charge in [0.25, 0.3) is 5.91 Å². The third kappa shape index (κ3) is 3.86. The standard InChI is InChI=1S/C15H14N2O5S3/c1-9(13(18)16-10-4-6-25(20,21)8-10)17-14(19)12(24-15(17)23)7-11-3-2-5-22-11/h2-7,9-10H,8H2,1H3,(H,16,18)/b12-7+/t9-,10-/m0/s1. The van der Waals surface area contributed by atoms with Crippen molar-refractivity contribution in [2.24, 2.45) is 0 Å². The van der Waals surface area contributed by atoms with Crippen LogP contribution in [0.25, 0.3) is 6.08 Å². The SMILES string of the molecule is C[C@@H](C(=O)N[C@H]1C=CS(=O)(=O)C1)N1C(=O)/C(=C\c2ccco2)SC1=S. The number of nitrogens with zero attached hydrogens (tertiary/aromatic N) is 1. The van der Waals surface area contributed by atoms with Crippen LogP contribution in [0.3, 0.4) is 0 Å². The van der Waals surface area contributed by atoms with Gasteiger partial charge in [-0.1, -0.05) is 24.0 Å². The first kappa shape index (κ1) is 17.9. The lowest BCUT2D eigenvalue weighted by atomic mass is 10.2. The maximum atomic E-state index is 12.5. The molecular weight excluding hydrogens is 384 g/mol. The van der Waals surface area contributed by atoms with Crippen LogP contribution in [0, 0.1) is 0 Å². The Bertz CT molecular complexity index is 886. The molecule has 2 amide bonds. The highest BCUT2D eigenvalue weighted by atomic mass is 32.2. The molecule has 132 valence electrons. The Labute approximate surface area is 154 Å². The number of thioether (sulfide) groups is 1. The molecule has 0 aliphatic carbocycles. The van der Waals surface area contributed by atoms with Crippen molar-refractivity contribution in [1.82, 2.24) is 10.2 Å². The average molecular weight is 398 g/mol. The molecule has 1 saturated heterocycles. The minimum atomic E-state index is -3.27. The van der Waals surface area contributed by atoms with Gasteiger partial charge in [-0.05, 0) is 25.1 Å². The molecule has 0 aromatic carbocycles. The van der Waals surface area contributed by atoms with E-state index >= 15 is 0 Å². The monoisotopic (exact) mass is 398 g/mol. The van der Waals surface area contributed by atoms with Crippen LogP contribution in [0.2, 0.25) is 0 Å². The van der Waals surface area contributed by atoms with Crippen LogP contribution >= 0.6 is 24.0 Å². The van der Waals surface area contributed by atoms with Crippen LogP contribution in [0.5, 0.6) is 0 Å². The van der Waals surface area contributed by atoms with Crippen molar-refractivity contribution in [3.63, 3.8) is 0 Å². The summed E-state index contributed by atoms with van der Waals surface area (Å²) >= 11 is 6.30. The summed E-state index contributed by atoms with van der Waals surface area (Å²) < 4.78 is 28.3. The van der Waals surface area contributed by atoms with Crippen molar-refractivity contribution >= 4 is 56.0 Å². The van der Waals surface area contributed by atoms with Gasteiger partial charge in [-0.25, -0.2) is 8.42 Å². The number of nitrogens with one attached hydrogen (secondary N) is 1. The molecule has 2 aliphatic heterocycles. The molecule has 3 heterocycles. The zero-order valence-corrected chi connectivity index (χ0v) is 15.5. The van der Waals surface area contributed by atoms with E-state index in [9.17, 15) is 18.0 Å². The Morgan fingerprint density at radius 2 is 2.32 bits per heavy atom. The van der Waals surface area contributed by atoms with Gasteiger partial charge in [0.2, 0.25) is 5.91 Å². The quantitative estimate of drug-likeness (QED) is 0.603. The van der Waals surface area contributed by atoms with Crippen molar-refractivity contribution in [3.05, 3.63) is 40.5 Å². The third-order valence-corrected chi connectivity index (χ3v) is 6.39. The molecule has 3 rings (SSSR count). The number of amides is 2. The lowest BCUT2D eigenvalue weighted by Crippen LogP contribution is -2.49. The number of carbonyl (C=O) groups excluding carboxylic acids is 2. The Balaban J connectivity index is 1.70. The summed E-state index contributed by atoms with van der Waals surface area (Å²) in [6.07, 6.45) is 4.48. The zero-order chi connectivity index (χ0) is 18.2. The van der Waals surface area contributed by atoms with E-state index in [4.69, 9.17) is 16.6 Å². The second-order valence-electron chi connectivity index (χ2n) is 5.52. The molecule has 1 aromatic heterocycles. The van der Waals surface area contributed by atoms with E-state index in [1.165, 1.54) is 17.2 Å². The van der Waals surface area contributed by atoms with Gasteiger partial charge in [-0.3, -0.25) is 14.5 Å². The first-order valence-corrected chi connectivity index (χ1v) is 10.2. The molecule has 1 N–H and O–H groups in total. The number of hydrogen-bond acceptors (Lipinski definition) is 7. The molecule has 0 radical (unpaired) electrons. The maximum Gasteiger partial charge on any atom is 0.267 e. The number of furan rings is 1. The predicted octanol–water partition coefficient (Wildman–Crippen LogP) is 1.30. The molecule has 0 saturated carbocycles. The average Bonchev–Trinajstić information content (AvgIpc) is 3.21. The highest BCUT2D eigenvalue weighted by Gasteiger charge is 2.39. The van der Waals surface area contributed by atoms with Crippen molar-refractivity contribution < 1.29 is 22.4 Å². The van der Waals surface area contributed by atoms with Crippen LogP contribution in [0.15, 0.2) is 39.2 Å². The van der Waals surface area contributed by atoms with Gasteiger partial charge in [-0.2, -0.15) is 0 Å². The molecule has 1 aromatic rings. The molecule has 1 fully saturated rings. The van der Waals surface area contributed by atoms with E-state index in [1.807, 2.05) is 0 Å². The fourth-order valence-electron chi connectivity index (χ4n) is 2.40. The van der Waals surface area contributed by atoms with Crippen LogP contribution in [-0.2, 0) is 19.4 Å². The lowest BCUT2D eigenvalue weighted by Gasteiger charge is -2.23. The molecule has 0 unspecified atom stereocenters. The van der Waals surface area contributed by atoms with Gasteiger partial charge in [0.15, 0.2) is 9.84 Å². The fraction of sp³-hybridized carbons (Fsp3) is 0.267. The highest BCUT2D eigenvalue weighted by molar-refractivity contribution is 8.26. The number of sulfone groups is 1. The smallest absolute Gasteiger partial charge is 0.267 e. The molecule has 0 bridgehead atoms. The summed E-state index contributed by atoms with van der Waals surface area (Å²) in [7, 11) is -3.27. The maximum absolute atomic E-state index is 12.5. The Morgan fingerprint density at radius 3 is 2.92 bits per heavy atom. The first-order valence-electron chi connectivity index (χ1n) is 7.29. The molecule has 2 aliphatic rings. The molecule has 2 atom stereocenters. The summed E-state index contributed by atoms with van der Waals surface area (Å²) in [5.74, 6) is -0.521. The minimum absolute atomic E-state index is 0.178. The molecule has 25 heavy (non-hydrogen) atoms. The Morgan fingerprint density at radius 1 is 1.56 bits per heavy atom. The minimum Gasteiger partial charge on any atom is -0.465 e. The van der Waals surface area contributed by atoms with E-state index in [2.05, 4.69) is 5.32 Å². The van der Waals surface area contributed by atoms with Gasteiger partial charge < -0.3 is 9.73 Å². The summed E-state index contributed by atoms with van der Waals surface area (Å²) in [6, 6.07) is 1.95. The van der Waals surface area contributed by atoms with Crippen LogP contribution in [0.4, 0.5) is 0 Å². The summed E-state index contributed by atoms with van der Waals surface area (Å²) in [6.45, 7) is 1.54. The highest BCUT2D eigenvalue weighted by Crippen LogP contribution is 2.34. The zero-order valence-electron chi connectivity index (χ0n) is 13.0. The number of hydrogen-bond donors (Lipinski definition) is 1. The van der Waals surface area contributed by atoms with Gasteiger partial charge in [-0.15, -0.1) is 0 Å². The topological polar surface area (TPSA) is 96.7 Å². The van der Waals surface area contributed by atoms with Crippen LogP contribution in [-0.4, -0.2) is 47.3 Å². The number of thiocarbonyl (C=S) groups is 1. The Kier molecular flexibility index (Phi) is 4.85. The third-order valence-electron chi connectivity index (χ3n) is 3.66. The normalized spacial score (nSPS) is 24.9. The Hall–Kier alpha value is -1.91. The van der Waals surface area contributed by atoms with E-state index in [1.54, 1.807) is 25.1 Å². The van der Waals surface area contributed by atoms with Gasteiger partial charge >= 0.3 is 0 Å². The van der Waals surface area contributed by atoms with Crippen LogP contribution in [0.1, 0.15) is 12.7 Å². The summed E-state index contributed by atoms with van der Waals surface area (Å²) in [5.41, 5.74) is 0. The van der Waals surface area contributed by atoms with Crippen LogP contribution < -0.4 is 5.32 Å². The fourth-order valence-corrected chi connectivity index (χ4v) is 5.04. The van der Waals surface area contributed by atoms with Crippen molar-refractivity contribution in [1.29, 1.82) is 0 Å². The first-order chi connectivity index (χ1) is 11.8. The summed E-state index contributed by atoms with van der Waals surface area (Å²) in [5, 5.41) is 3.68. The number of carbonyl (C=O) groups is 2. The lowest BCUT2D eigenvalue weighted by molar-refractivity contribution is -0.132. The summed E-state index contributed by atoms with van der Waals surface area (Å²) in [4.78, 5) is 26.5. The van der Waals surface area contributed by atoms with E-state index in [-0.39, 0.29) is 16.0 Å². The molecule has 7 nitrogen and oxygen atoms in total. The van der Waals surface area contributed by atoms with E-state index in [0.717, 1.165) is 17.2 Å². The molecule has 10 heteroatoms. The van der Waals surface area contributed by atoms with Gasteiger partial charge in [0, 0.05) is 11.5 Å². The molecular formula is C15H14N2O5S3. The van der Waals surface area contributed by atoms with Gasteiger partial charge in [0.05, 0.1) is 23.0 Å². The molecule has 0 spiro atoms. The van der Waals surface area contributed by atoms with E-state index < -0.39 is 27.8 Å². The number of rotatable bonds is 4.